The molecule has 5 heteroatoms. The second-order valence-electron chi connectivity index (χ2n) is 4.90. The third-order valence-corrected chi connectivity index (χ3v) is 3.73. The molecule has 4 nitrogen and oxygen atoms in total. The molecule has 2 N–H and O–H groups in total. The summed E-state index contributed by atoms with van der Waals surface area (Å²) in [6, 6.07) is 16.6. The van der Waals surface area contributed by atoms with Crippen molar-refractivity contribution in [2.45, 2.75) is 6.92 Å². The molecule has 1 heterocycles. The summed E-state index contributed by atoms with van der Waals surface area (Å²) in [7, 11) is 0. The minimum Gasteiger partial charge on any atom is -0.508 e. The first kappa shape index (κ1) is 14.3. The van der Waals surface area contributed by atoms with E-state index in [-0.39, 0.29) is 5.75 Å². The summed E-state index contributed by atoms with van der Waals surface area (Å²) in [6.07, 6.45) is 1.75. The summed E-state index contributed by atoms with van der Waals surface area (Å²) in [5.41, 5.74) is 3.59. The Morgan fingerprint density at radius 2 is 1.77 bits per heavy atom. The van der Waals surface area contributed by atoms with Gasteiger partial charge in [-0.05, 0) is 43.3 Å². The van der Waals surface area contributed by atoms with Crippen LogP contribution < -0.4 is 0 Å². The molecule has 3 aromatic rings. The number of rotatable bonds is 3. The Morgan fingerprint density at radius 3 is 2.45 bits per heavy atom. The first-order valence-electron chi connectivity index (χ1n) is 6.85. The number of H-pyrrole nitrogens is 1. The number of aromatic amines is 1. The zero-order valence-corrected chi connectivity index (χ0v) is 12.8. The summed E-state index contributed by atoms with van der Waals surface area (Å²) >= 11 is 5.53. The van der Waals surface area contributed by atoms with Crippen molar-refractivity contribution in [3.63, 3.8) is 0 Å². The second-order valence-corrected chi connectivity index (χ2v) is 5.29. The van der Waals surface area contributed by atoms with Gasteiger partial charge in [0.2, 0.25) is 0 Å². The third kappa shape index (κ3) is 2.84. The molecule has 1 aromatic heterocycles. The number of aliphatic imine (C=N–C) groups is 1. The Kier molecular flexibility index (Phi) is 3.89. The van der Waals surface area contributed by atoms with Gasteiger partial charge in [0, 0.05) is 11.9 Å². The van der Waals surface area contributed by atoms with E-state index in [1.807, 2.05) is 41.9 Å². The number of hydrogen-bond acceptors (Lipinski definition) is 3. The van der Waals surface area contributed by atoms with E-state index in [0.29, 0.717) is 4.64 Å². The molecule has 22 heavy (non-hydrogen) atoms. The molecule has 0 spiro atoms. The number of aromatic hydroxyl groups is 1. The van der Waals surface area contributed by atoms with Crippen LogP contribution in [0.2, 0.25) is 0 Å². The third-order valence-electron chi connectivity index (χ3n) is 3.32. The maximum Gasteiger partial charge on any atom is 0.136 e. The van der Waals surface area contributed by atoms with Crippen molar-refractivity contribution in [3.8, 4) is 11.4 Å². The predicted octanol–water partition coefficient (Wildman–Crippen LogP) is 4.30. The van der Waals surface area contributed by atoms with Gasteiger partial charge in [0.15, 0.2) is 0 Å². The number of phenolic OH excluding ortho intramolecular Hbond substituents is 1. The topological polar surface area (TPSA) is 53.3 Å². The van der Waals surface area contributed by atoms with Crippen LogP contribution in [-0.4, -0.2) is 21.1 Å². The van der Waals surface area contributed by atoms with E-state index in [4.69, 9.17) is 12.2 Å². The zero-order valence-electron chi connectivity index (χ0n) is 12.0. The first-order chi connectivity index (χ1) is 10.6. The highest BCUT2D eigenvalue weighted by atomic mass is 32.1. The minimum absolute atomic E-state index is 0.225. The van der Waals surface area contributed by atoms with Crippen LogP contribution in [0.5, 0.6) is 5.75 Å². The van der Waals surface area contributed by atoms with E-state index in [0.717, 1.165) is 22.6 Å². The van der Waals surface area contributed by atoms with E-state index in [9.17, 15) is 5.11 Å². The van der Waals surface area contributed by atoms with Crippen LogP contribution in [0.1, 0.15) is 11.3 Å². The number of hydrogen-bond donors (Lipinski definition) is 2. The number of para-hydroxylation sites is 1. The highest BCUT2D eigenvalue weighted by Crippen LogP contribution is 2.18. The Bertz CT molecular complexity index is 861. The smallest absolute Gasteiger partial charge is 0.136 e. The average molecular weight is 309 g/mol. The number of nitrogens with one attached hydrogen (secondary N) is 1. The number of aromatic nitrogens is 2. The van der Waals surface area contributed by atoms with Crippen LogP contribution >= 0.6 is 12.2 Å². The Hall–Kier alpha value is -2.66. The highest BCUT2D eigenvalue weighted by Gasteiger charge is 2.07. The van der Waals surface area contributed by atoms with Crippen LogP contribution in [0.3, 0.4) is 0 Å². The lowest BCUT2D eigenvalue weighted by Gasteiger charge is -2.01. The van der Waals surface area contributed by atoms with Crippen LogP contribution in [0.15, 0.2) is 59.6 Å². The molecular formula is C17H15N3OS. The summed E-state index contributed by atoms with van der Waals surface area (Å²) < 4.78 is 2.55. The predicted molar refractivity (Wildman–Crippen MR) is 91.1 cm³/mol. The van der Waals surface area contributed by atoms with E-state index in [2.05, 4.69) is 10.1 Å². The van der Waals surface area contributed by atoms with Gasteiger partial charge in [-0.1, -0.05) is 30.4 Å². The lowest BCUT2D eigenvalue weighted by Crippen LogP contribution is -1.95. The van der Waals surface area contributed by atoms with Gasteiger partial charge in [-0.25, -0.2) is 4.68 Å². The van der Waals surface area contributed by atoms with E-state index in [1.54, 1.807) is 30.5 Å². The van der Waals surface area contributed by atoms with Crippen molar-refractivity contribution in [1.29, 1.82) is 0 Å². The summed E-state index contributed by atoms with van der Waals surface area (Å²) in [6.45, 7) is 1.97. The molecule has 0 saturated carbocycles. The van der Waals surface area contributed by atoms with Gasteiger partial charge in [-0.15, -0.1) is 0 Å². The Labute approximate surface area is 133 Å². The number of aryl methyl sites for hydroxylation is 1. The van der Waals surface area contributed by atoms with E-state index >= 15 is 0 Å². The Morgan fingerprint density at radius 1 is 1.09 bits per heavy atom. The molecule has 0 amide bonds. The fourth-order valence-electron chi connectivity index (χ4n) is 2.15. The first-order valence-corrected chi connectivity index (χ1v) is 7.26. The molecule has 0 bridgehead atoms. The molecular weight excluding hydrogens is 294 g/mol. The van der Waals surface area contributed by atoms with Crippen LogP contribution in [0, 0.1) is 11.6 Å². The van der Waals surface area contributed by atoms with Crippen molar-refractivity contribution in [3.05, 3.63) is 70.5 Å². The lowest BCUT2D eigenvalue weighted by molar-refractivity contribution is 0.475. The van der Waals surface area contributed by atoms with Crippen LogP contribution in [0.4, 0.5) is 5.69 Å². The molecule has 0 fully saturated rings. The van der Waals surface area contributed by atoms with Crippen molar-refractivity contribution in [1.82, 2.24) is 9.78 Å². The summed E-state index contributed by atoms with van der Waals surface area (Å²) in [4.78, 5) is 4.41. The second kappa shape index (κ2) is 5.99. The highest BCUT2D eigenvalue weighted by molar-refractivity contribution is 7.71. The maximum atomic E-state index is 9.28. The average Bonchev–Trinajstić information content (AvgIpc) is 2.82. The van der Waals surface area contributed by atoms with Gasteiger partial charge >= 0.3 is 0 Å². The number of benzene rings is 2. The van der Waals surface area contributed by atoms with Gasteiger partial charge in [0.25, 0.3) is 0 Å². The molecule has 0 aliphatic heterocycles. The quantitative estimate of drug-likeness (QED) is 0.560. The van der Waals surface area contributed by atoms with Gasteiger partial charge < -0.3 is 5.11 Å². The molecule has 0 radical (unpaired) electrons. The standard InChI is InChI=1S/C17H15N3OS/c1-12-16(11-18-13-7-9-15(21)10-8-13)17(22)20(19-12)14-5-3-2-4-6-14/h2-11,19,21H,1H3. The monoisotopic (exact) mass is 309 g/mol. The normalized spacial score (nSPS) is 11.1. The number of nitrogens with zero attached hydrogens (tertiary/aromatic N) is 2. The van der Waals surface area contributed by atoms with Crippen molar-refractivity contribution in [2.75, 3.05) is 0 Å². The van der Waals surface area contributed by atoms with Crippen LogP contribution in [0.25, 0.3) is 5.69 Å². The lowest BCUT2D eigenvalue weighted by atomic mass is 10.2. The fourth-order valence-corrected chi connectivity index (χ4v) is 2.51. The van der Waals surface area contributed by atoms with Gasteiger partial charge in [0.1, 0.15) is 10.4 Å². The minimum atomic E-state index is 0.225. The molecule has 0 aliphatic carbocycles. The Balaban J connectivity index is 1.97. The molecule has 110 valence electrons. The van der Waals surface area contributed by atoms with Crippen LogP contribution in [-0.2, 0) is 0 Å². The molecule has 2 aromatic carbocycles. The van der Waals surface area contributed by atoms with Gasteiger partial charge in [-0.2, -0.15) is 0 Å². The van der Waals surface area contributed by atoms with Gasteiger partial charge in [-0.3, -0.25) is 10.1 Å². The van der Waals surface area contributed by atoms with Crippen molar-refractivity contribution in [2.24, 2.45) is 4.99 Å². The van der Waals surface area contributed by atoms with Crippen molar-refractivity contribution < 1.29 is 5.11 Å². The summed E-state index contributed by atoms with van der Waals surface area (Å²) in [5, 5.41) is 12.5. The summed E-state index contributed by atoms with van der Waals surface area (Å²) in [5.74, 6) is 0.225. The SMILES string of the molecule is Cc1[nH]n(-c2ccccc2)c(=S)c1C=Nc1ccc(O)cc1. The van der Waals surface area contributed by atoms with Gasteiger partial charge in [0.05, 0.1) is 16.9 Å². The zero-order chi connectivity index (χ0) is 15.5. The van der Waals surface area contributed by atoms with E-state index < -0.39 is 0 Å². The maximum absolute atomic E-state index is 9.28. The largest absolute Gasteiger partial charge is 0.508 e. The number of phenols is 1. The fraction of sp³-hybridized carbons (Fsp3) is 0.0588. The molecule has 0 atom stereocenters. The molecule has 0 unspecified atom stereocenters. The molecule has 0 aliphatic rings. The van der Waals surface area contributed by atoms with E-state index in [1.165, 1.54) is 0 Å². The molecule has 0 saturated heterocycles. The van der Waals surface area contributed by atoms with Crippen molar-refractivity contribution >= 4 is 24.1 Å². The molecule has 3 rings (SSSR count).